The van der Waals surface area contributed by atoms with Crippen molar-refractivity contribution in [2.24, 2.45) is 0 Å². The molecule has 0 unspecified atom stereocenters. The van der Waals surface area contributed by atoms with Crippen LogP contribution >= 0.6 is 27.3 Å². The molecule has 0 aromatic carbocycles. The maximum atomic E-state index is 12.8. The Labute approximate surface area is 154 Å². The highest BCUT2D eigenvalue weighted by atomic mass is 79.9. The Hall–Kier alpha value is -2.10. The zero-order valence-electron chi connectivity index (χ0n) is 13.4. The number of rotatable bonds is 4. The first-order valence-electron chi connectivity index (χ1n) is 7.46. The third-order valence-electron chi connectivity index (χ3n) is 3.87. The van der Waals surface area contributed by atoms with Crippen molar-refractivity contribution in [2.75, 3.05) is 7.11 Å². The zero-order chi connectivity index (χ0) is 17.6. The number of nitrogens with zero attached hydrogens (tertiary/aromatic N) is 4. The molecule has 4 aromatic heterocycles. The maximum Gasteiger partial charge on any atom is 0.288 e. The molecule has 7 nitrogen and oxygen atoms in total. The summed E-state index contributed by atoms with van der Waals surface area (Å²) < 4.78 is 13.3. The van der Waals surface area contributed by atoms with E-state index in [4.69, 9.17) is 9.15 Å². The molecule has 0 radical (unpaired) electrons. The Kier molecular flexibility index (Phi) is 4.14. The highest BCUT2D eigenvalue weighted by molar-refractivity contribution is 9.10. The van der Waals surface area contributed by atoms with E-state index in [2.05, 4.69) is 31.2 Å². The van der Waals surface area contributed by atoms with Gasteiger partial charge in [0.15, 0.2) is 0 Å². The first-order valence-corrected chi connectivity index (χ1v) is 9.07. The number of aryl methyl sites for hydroxylation is 1. The molecule has 0 amide bonds. The lowest BCUT2D eigenvalue weighted by molar-refractivity contribution is 0.185. The van der Waals surface area contributed by atoms with Gasteiger partial charge >= 0.3 is 0 Å². The van der Waals surface area contributed by atoms with E-state index in [9.17, 15) is 4.79 Å². The predicted octanol–water partition coefficient (Wildman–Crippen LogP) is 3.26. The van der Waals surface area contributed by atoms with E-state index >= 15 is 0 Å². The van der Waals surface area contributed by atoms with E-state index in [1.807, 2.05) is 6.92 Å². The summed E-state index contributed by atoms with van der Waals surface area (Å²) in [6.45, 7) is 2.54. The van der Waals surface area contributed by atoms with Crippen LogP contribution < -0.4 is 5.56 Å². The number of ether oxygens (including phenoxy) is 1. The minimum absolute atomic E-state index is 0.207. The number of halogens is 1. The molecule has 128 valence electrons. The summed E-state index contributed by atoms with van der Waals surface area (Å²) in [5.41, 5.74) is 2.12. The van der Waals surface area contributed by atoms with Crippen molar-refractivity contribution in [3.05, 3.63) is 50.2 Å². The average molecular weight is 421 g/mol. The van der Waals surface area contributed by atoms with Crippen molar-refractivity contribution in [1.29, 1.82) is 0 Å². The van der Waals surface area contributed by atoms with E-state index in [1.165, 1.54) is 16.0 Å². The Bertz CT molecular complexity index is 1130. The van der Waals surface area contributed by atoms with Crippen LogP contribution in [0.4, 0.5) is 0 Å². The Morgan fingerprint density at radius 1 is 1.44 bits per heavy atom. The van der Waals surface area contributed by atoms with Gasteiger partial charge in [0.25, 0.3) is 5.56 Å². The van der Waals surface area contributed by atoms with E-state index in [0.29, 0.717) is 22.6 Å². The summed E-state index contributed by atoms with van der Waals surface area (Å²) in [4.78, 5) is 18.2. The molecular formula is C16H13BrN4O3S. The monoisotopic (exact) mass is 420 g/mol. The summed E-state index contributed by atoms with van der Waals surface area (Å²) in [6.07, 6.45) is 1.56. The maximum absolute atomic E-state index is 12.8. The molecule has 4 aromatic rings. The number of thiophene rings is 1. The Morgan fingerprint density at radius 3 is 3.00 bits per heavy atom. The molecule has 0 aliphatic carbocycles. The molecule has 9 heteroatoms. The summed E-state index contributed by atoms with van der Waals surface area (Å²) in [5, 5.41) is 9.18. The van der Waals surface area contributed by atoms with Gasteiger partial charge in [-0.25, -0.2) is 9.67 Å². The van der Waals surface area contributed by atoms with Gasteiger partial charge < -0.3 is 9.15 Å². The van der Waals surface area contributed by atoms with Gasteiger partial charge in [0.1, 0.15) is 27.4 Å². The minimum atomic E-state index is -0.207. The van der Waals surface area contributed by atoms with Crippen molar-refractivity contribution in [3.8, 4) is 0 Å². The van der Waals surface area contributed by atoms with Gasteiger partial charge in [0.05, 0.1) is 18.6 Å². The molecule has 4 rings (SSSR count). The van der Waals surface area contributed by atoms with E-state index in [1.54, 1.807) is 25.5 Å². The first kappa shape index (κ1) is 16.4. The van der Waals surface area contributed by atoms with Crippen molar-refractivity contribution in [3.63, 3.8) is 0 Å². The van der Waals surface area contributed by atoms with Crippen LogP contribution in [0.25, 0.3) is 20.4 Å². The summed E-state index contributed by atoms with van der Waals surface area (Å²) in [7, 11) is 1.63. The van der Waals surface area contributed by atoms with Gasteiger partial charge in [-0.3, -0.25) is 4.79 Å². The molecule has 0 saturated carbocycles. The van der Waals surface area contributed by atoms with Crippen molar-refractivity contribution in [2.45, 2.75) is 20.1 Å². The van der Waals surface area contributed by atoms with Crippen molar-refractivity contribution >= 4 is 47.7 Å². The van der Waals surface area contributed by atoms with Crippen LogP contribution in [0.5, 0.6) is 0 Å². The molecule has 0 fully saturated rings. The fourth-order valence-electron chi connectivity index (χ4n) is 2.72. The lowest BCUT2D eigenvalue weighted by Crippen LogP contribution is -2.23. The molecule has 0 N–H and O–H groups in total. The van der Waals surface area contributed by atoms with Crippen LogP contribution in [0.1, 0.15) is 17.0 Å². The van der Waals surface area contributed by atoms with Crippen molar-refractivity contribution in [1.82, 2.24) is 20.0 Å². The number of aromatic nitrogens is 4. The summed E-state index contributed by atoms with van der Waals surface area (Å²) in [5.74, 6) is 0.647. The van der Waals surface area contributed by atoms with Gasteiger partial charge in [0.2, 0.25) is 0 Å². The van der Waals surface area contributed by atoms with Crippen LogP contribution in [0.3, 0.4) is 0 Å². The second-order valence-corrected chi connectivity index (χ2v) is 7.31. The van der Waals surface area contributed by atoms with Gasteiger partial charge in [-0.05, 0) is 35.0 Å². The summed E-state index contributed by atoms with van der Waals surface area (Å²) >= 11 is 4.89. The third-order valence-corrected chi connectivity index (χ3v) is 5.99. The number of pyridine rings is 1. The topological polar surface area (TPSA) is 83.0 Å². The molecule has 0 aliphatic rings. The molecule has 0 spiro atoms. The van der Waals surface area contributed by atoms with E-state index in [0.717, 1.165) is 25.9 Å². The minimum Gasteiger partial charge on any atom is -0.467 e. The summed E-state index contributed by atoms with van der Waals surface area (Å²) in [6, 6.07) is 3.56. The van der Waals surface area contributed by atoms with Crippen molar-refractivity contribution < 1.29 is 9.15 Å². The lowest BCUT2D eigenvalue weighted by atomic mass is 10.1. The van der Waals surface area contributed by atoms with E-state index < -0.39 is 0 Å². The SMILES string of the molecule is COCc1c(Br)c(C)nc2sc3c(=O)n(Cc4ccco4)nnc3c12. The second kappa shape index (κ2) is 6.32. The van der Waals surface area contributed by atoms with Gasteiger partial charge in [-0.15, -0.1) is 16.4 Å². The highest BCUT2D eigenvalue weighted by Gasteiger charge is 2.20. The zero-order valence-corrected chi connectivity index (χ0v) is 15.8. The number of fused-ring (bicyclic) bond motifs is 3. The number of furan rings is 1. The molecular weight excluding hydrogens is 408 g/mol. The van der Waals surface area contributed by atoms with Gasteiger partial charge in [-0.2, -0.15) is 0 Å². The van der Waals surface area contributed by atoms with E-state index in [-0.39, 0.29) is 12.1 Å². The highest BCUT2D eigenvalue weighted by Crippen LogP contribution is 2.36. The van der Waals surface area contributed by atoms with Crippen LogP contribution in [0.15, 0.2) is 32.1 Å². The molecule has 0 saturated heterocycles. The van der Waals surface area contributed by atoms with Gasteiger partial charge in [-0.1, -0.05) is 5.21 Å². The quantitative estimate of drug-likeness (QED) is 0.503. The molecule has 0 atom stereocenters. The number of hydrogen-bond acceptors (Lipinski definition) is 7. The van der Waals surface area contributed by atoms with Crippen LogP contribution in [0, 0.1) is 6.92 Å². The molecule has 25 heavy (non-hydrogen) atoms. The average Bonchev–Trinajstić information content (AvgIpc) is 3.22. The van der Waals surface area contributed by atoms with Crippen LogP contribution in [-0.4, -0.2) is 27.1 Å². The van der Waals surface area contributed by atoms with Crippen LogP contribution in [0.2, 0.25) is 0 Å². The smallest absolute Gasteiger partial charge is 0.288 e. The fraction of sp³-hybridized carbons (Fsp3) is 0.250. The number of methoxy groups -OCH3 is 1. The van der Waals surface area contributed by atoms with Gasteiger partial charge in [0, 0.05) is 22.5 Å². The molecule has 0 aliphatic heterocycles. The standard InChI is InChI=1S/C16H13BrN4O3S/c1-8-12(17)10(7-23-2)11-13-14(25-15(11)18-8)16(22)21(20-19-13)6-9-4-3-5-24-9/h3-5H,6-7H2,1-2H3. The fourth-order valence-corrected chi connectivity index (χ4v) is 4.25. The Balaban J connectivity index is 1.98. The normalized spacial score (nSPS) is 11.6. The third kappa shape index (κ3) is 2.68. The predicted molar refractivity (Wildman–Crippen MR) is 97.9 cm³/mol. The first-order chi connectivity index (χ1) is 12.1. The largest absolute Gasteiger partial charge is 0.467 e. The number of hydrogen-bond donors (Lipinski definition) is 0. The lowest BCUT2D eigenvalue weighted by Gasteiger charge is -2.07. The van der Waals surface area contributed by atoms with Crippen LogP contribution in [-0.2, 0) is 17.9 Å². The molecule has 0 bridgehead atoms. The molecule has 4 heterocycles. The Morgan fingerprint density at radius 2 is 2.28 bits per heavy atom. The second-order valence-electron chi connectivity index (χ2n) is 5.51.